The number of nitrogens with zero attached hydrogens (tertiary/aromatic N) is 3. The summed E-state index contributed by atoms with van der Waals surface area (Å²) in [6, 6.07) is 9.81. The van der Waals surface area contributed by atoms with Crippen LogP contribution in [0.2, 0.25) is 10.2 Å². The standard InChI is InChI=1S/C19H23Cl2N5O/c1-3-22-19(23-11-14-10-15(20)18(21)25(14)2)24-12-17(27)26-9-8-13-6-4-5-7-16(13)26/h4-7,10H,3,8-9,11-12H2,1-2H3,(H2,22,23,24). The molecule has 6 nitrogen and oxygen atoms in total. The van der Waals surface area contributed by atoms with Crippen LogP contribution in [-0.4, -0.2) is 36.1 Å². The maximum atomic E-state index is 12.6. The summed E-state index contributed by atoms with van der Waals surface area (Å²) >= 11 is 12.1. The fourth-order valence-corrected chi connectivity index (χ4v) is 3.51. The number of benzene rings is 1. The van der Waals surface area contributed by atoms with Crippen LogP contribution in [0.3, 0.4) is 0 Å². The van der Waals surface area contributed by atoms with Gasteiger partial charge in [0.15, 0.2) is 5.96 Å². The minimum Gasteiger partial charge on any atom is -0.357 e. The summed E-state index contributed by atoms with van der Waals surface area (Å²) in [7, 11) is 1.84. The number of hydrogen-bond acceptors (Lipinski definition) is 2. The van der Waals surface area contributed by atoms with Gasteiger partial charge in [0, 0.05) is 31.5 Å². The zero-order valence-corrected chi connectivity index (χ0v) is 16.9. The molecule has 144 valence electrons. The van der Waals surface area contributed by atoms with Gasteiger partial charge in [-0.25, -0.2) is 4.99 Å². The predicted molar refractivity (Wildman–Crippen MR) is 111 cm³/mol. The second-order valence-electron chi connectivity index (χ2n) is 6.31. The number of carbonyl (C=O) groups excluding carboxylic acids is 1. The normalized spacial score (nSPS) is 13.6. The molecular formula is C19H23Cl2N5O. The average molecular weight is 408 g/mol. The molecule has 1 aliphatic heterocycles. The Bertz CT molecular complexity index is 862. The number of carbonyl (C=O) groups is 1. The third kappa shape index (κ3) is 4.39. The molecule has 0 bridgehead atoms. The number of fused-ring (bicyclic) bond motifs is 1. The first-order chi connectivity index (χ1) is 13.0. The van der Waals surface area contributed by atoms with Gasteiger partial charge in [-0.2, -0.15) is 0 Å². The van der Waals surface area contributed by atoms with Gasteiger partial charge >= 0.3 is 0 Å². The maximum Gasteiger partial charge on any atom is 0.246 e. The minimum absolute atomic E-state index is 0.0236. The van der Waals surface area contributed by atoms with Gasteiger partial charge in [0.05, 0.1) is 18.1 Å². The van der Waals surface area contributed by atoms with E-state index in [2.05, 4.69) is 21.7 Å². The van der Waals surface area contributed by atoms with E-state index in [1.165, 1.54) is 5.56 Å². The lowest BCUT2D eigenvalue weighted by molar-refractivity contribution is -0.117. The smallest absolute Gasteiger partial charge is 0.246 e. The molecule has 1 aliphatic rings. The number of amides is 1. The number of nitrogens with one attached hydrogen (secondary N) is 2. The Balaban J connectivity index is 1.63. The van der Waals surface area contributed by atoms with Crippen LogP contribution in [0.25, 0.3) is 0 Å². The number of halogens is 2. The van der Waals surface area contributed by atoms with Crippen molar-refractivity contribution in [2.75, 3.05) is 24.5 Å². The second kappa shape index (κ2) is 8.67. The van der Waals surface area contributed by atoms with Crippen LogP contribution in [0, 0.1) is 0 Å². The van der Waals surface area contributed by atoms with Crippen molar-refractivity contribution in [3.8, 4) is 0 Å². The maximum absolute atomic E-state index is 12.6. The molecule has 0 fully saturated rings. The van der Waals surface area contributed by atoms with E-state index in [0.29, 0.717) is 35.8 Å². The van der Waals surface area contributed by atoms with Crippen molar-refractivity contribution < 1.29 is 4.79 Å². The molecule has 8 heteroatoms. The topological polar surface area (TPSA) is 61.7 Å². The molecule has 27 heavy (non-hydrogen) atoms. The third-order valence-electron chi connectivity index (χ3n) is 4.55. The highest BCUT2D eigenvalue weighted by Crippen LogP contribution is 2.27. The van der Waals surface area contributed by atoms with Crippen molar-refractivity contribution in [1.82, 2.24) is 15.2 Å². The summed E-state index contributed by atoms with van der Waals surface area (Å²) in [5.41, 5.74) is 3.10. The first kappa shape index (κ1) is 19.6. The number of para-hydroxylation sites is 1. The molecule has 3 rings (SSSR count). The summed E-state index contributed by atoms with van der Waals surface area (Å²) in [4.78, 5) is 19.0. The highest BCUT2D eigenvalue weighted by molar-refractivity contribution is 6.41. The fourth-order valence-electron chi connectivity index (χ4n) is 3.09. The second-order valence-corrected chi connectivity index (χ2v) is 7.07. The zero-order chi connectivity index (χ0) is 19.4. The van der Waals surface area contributed by atoms with Gasteiger partial charge in [-0.05, 0) is 31.0 Å². The van der Waals surface area contributed by atoms with E-state index < -0.39 is 0 Å². The molecular weight excluding hydrogens is 385 g/mol. The highest BCUT2D eigenvalue weighted by Gasteiger charge is 2.23. The van der Waals surface area contributed by atoms with Gasteiger partial charge in [-0.15, -0.1) is 0 Å². The summed E-state index contributed by atoms with van der Waals surface area (Å²) in [6.45, 7) is 3.97. The van der Waals surface area contributed by atoms with Crippen LogP contribution in [0.4, 0.5) is 5.69 Å². The Labute approximate surface area is 169 Å². The fraction of sp³-hybridized carbons (Fsp3) is 0.368. The van der Waals surface area contributed by atoms with Crippen molar-refractivity contribution in [3.63, 3.8) is 0 Å². The van der Waals surface area contributed by atoms with Gasteiger partial charge in [0.2, 0.25) is 5.91 Å². The van der Waals surface area contributed by atoms with Gasteiger partial charge in [0.1, 0.15) is 5.15 Å². The molecule has 0 saturated carbocycles. The molecule has 0 unspecified atom stereocenters. The number of rotatable bonds is 5. The molecule has 0 atom stereocenters. The van der Waals surface area contributed by atoms with Crippen molar-refractivity contribution in [2.45, 2.75) is 19.9 Å². The molecule has 2 heterocycles. The Morgan fingerprint density at radius 2 is 2.04 bits per heavy atom. The van der Waals surface area contributed by atoms with Crippen LogP contribution in [-0.2, 0) is 24.8 Å². The van der Waals surface area contributed by atoms with E-state index in [-0.39, 0.29) is 12.5 Å². The first-order valence-corrected chi connectivity index (χ1v) is 9.67. The van der Waals surface area contributed by atoms with E-state index in [1.54, 1.807) is 10.6 Å². The van der Waals surface area contributed by atoms with Gasteiger partial charge < -0.3 is 20.1 Å². The molecule has 0 spiro atoms. The SMILES string of the molecule is CCNC(=NCc1cc(Cl)c(Cl)n1C)NCC(=O)N1CCc2ccccc21. The van der Waals surface area contributed by atoms with Crippen LogP contribution >= 0.6 is 23.2 Å². The summed E-state index contributed by atoms with van der Waals surface area (Å²) < 4.78 is 1.79. The highest BCUT2D eigenvalue weighted by atomic mass is 35.5. The third-order valence-corrected chi connectivity index (χ3v) is 5.40. The average Bonchev–Trinajstić information content (AvgIpc) is 3.20. The molecule has 2 N–H and O–H groups in total. The number of aliphatic imine (C=N–C) groups is 1. The first-order valence-electron chi connectivity index (χ1n) is 8.91. The van der Waals surface area contributed by atoms with Gasteiger partial charge in [0.25, 0.3) is 0 Å². The molecule has 1 amide bonds. The number of hydrogen-bond donors (Lipinski definition) is 2. The lowest BCUT2D eigenvalue weighted by Gasteiger charge is -2.18. The predicted octanol–water partition coefficient (Wildman–Crippen LogP) is 2.98. The van der Waals surface area contributed by atoms with Crippen LogP contribution in [0.15, 0.2) is 35.3 Å². The molecule has 0 saturated heterocycles. The Morgan fingerprint density at radius 1 is 1.26 bits per heavy atom. The van der Waals surface area contributed by atoms with Crippen LogP contribution in [0.1, 0.15) is 18.2 Å². The molecule has 0 radical (unpaired) electrons. The van der Waals surface area contributed by atoms with E-state index in [4.69, 9.17) is 23.2 Å². The number of anilines is 1. The molecule has 0 aliphatic carbocycles. The van der Waals surface area contributed by atoms with Gasteiger partial charge in [-0.3, -0.25) is 4.79 Å². The largest absolute Gasteiger partial charge is 0.357 e. The molecule has 1 aromatic heterocycles. The Kier molecular flexibility index (Phi) is 6.29. The molecule has 2 aromatic rings. The van der Waals surface area contributed by atoms with Crippen molar-refractivity contribution in [3.05, 3.63) is 51.8 Å². The summed E-state index contributed by atoms with van der Waals surface area (Å²) in [5.74, 6) is 0.599. The van der Waals surface area contributed by atoms with Crippen LogP contribution < -0.4 is 15.5 Å². The van der Waals surface area contributed by atoms with E-state index in [1.807, 2.05) is 37.1 Å². The number of guanidine groups is 1. The lowest BCUT2D eigenvalue weighted by atomic mass is 10.2. The van der Waals surface area contributed by atoms with Crippen molar-refractivity contribution >= 4 is 40.8 Å². The minimum atomic E-state index is 0.0236. The van der Waals surface area contributed by atoms with Crippen molar-refractivity contribution in [1.29, 1.82) is 0 Å². The summed E-state index contributed by atoms with van der Waals surface area (Å²) in [5, 5.41) is 7.26. The Morgan fingerprint density at radius 3 is 2.74 bits per heavy atom. The zero-order valence-electron chi connectivity index (χ0n) is 15.4. The van der Waals surface area contributed by atoms with Crippen LogP contribution in [0.5, 0.6) is 0 Å². The number of aromatic nitrogens is 1. The van der Waals surface area contributed by atoms with Crippen molar-refractivity contribution in [2.24, 2.45) is 12.0 Å². The summed E-state index contributed by atoms with van der Waals surface area (Å²) in [6.07, 6.45) is 0.894. The quantitative estimate of drug-likeness (QED) is 0.591. The van der Waals surface area contributed by atoms with Gasteiger partial charge in [-0.1, -0.05) is 41.4 Å². The lowest BCUT2D eigenvalue weighted by Crippen LogP contribution is -2.44. The van der Waals surface area contributed by atoms with E-state index in [0.717, 1.165) is 17.8 Å². The van der Waals surface area contributed by atoms with E-state index >= 15 is 0 Å². The monoisotopic (exact) mass is 407 g/mol. The Hall–Kier alpha value is -2.18. The van der Waals surface area contributed by atoms with E-state index in [9.17, 15) is 4.79 Å². The molecule has 1 aromatic carbocycles.